The zero-order valence-electron chi connectivity index (χ0n) is 16.4. The lowest BCUT2D eigenvalue weighted by atomic mass is 10.1. The van der Waals surface area contributed by atoms with Crippen molar-refractivity contribution in [2.45, 2.75) is 43.5 Å². The van der Waals surface area contributed by atoms with E-state index in [0.29, 0.717) is 29.2 Å². The van der Waals surface area contributed by atoms with Crippen LogP contribution in [-0.4, -0.2) is 16.1 Å². The Balaban J connectivity index is 1.72. The van der Waals surface area contributed by atoms with E-state index in [1.807, 2.05) is 25.1 Å². The van der Waals surface area contributed by atoms with E-state index in [1.165, 1.54) is 23.9 Å². The minimum atomic E-state index is -4.38. The Hall–Kier alpha value is -2.74. The summed E-state index contributed by atoms with van der Waals surface area (Å²) in [6.45, 7) is 3.75. The number of thioether (sulfide) groups is 1. The SMILES string of the molecule is Cc1cc(CCC(=O)O)cc(SCc2oc(-c3ccc(C(F)(F)F)cc3)nc2C)c1. The molecule has 0 fully saturated rings. The van der Waals surface area contributed by atoms with E-state index in [4.69, 9.17) is 9.52 Å². The zero-order valence-corrected chi connectivity index (χ0v) is 17.2. The van der Waals surface area contributed by atoms with Crippen molar-refractivity contribution in [1.29, 1.82) is 0 Å². The fraction of sp³-hybridized carbons (Fsp3) is 0.273. The van der Waals surface area contributed by atoms with E-state index in [-0.39, 0.29) is 12.3 Å². The number of benzene rings is 2. The van der Waals surface area contributed by atoms with Gasteiger partial charge in [-0.25, -0.2) is 4.98 Å². The number of hydrogen-bond acceptors (Lipinski definition) is 4. The smallest absolute Gasteiger partial charge is 0.416 e. The first-order valence-corrected chi connectivity index (χ1v) is 10.2. The number of aliphatic carboxylic acids is 1. The Morgan fingerprint density at radius 1 is 1.13 bits per heavy atom. The molecule has 0 spiro atoms. The second-order valence-electron chi connectivity index (χ2n) is 6.94. The van der Waals surface area contributed by atoms with E-state index in [2.05, 4.69) is 4.98 Å². The van der Waals surface area contributed by atoms with Crippen LogP contribution in [0.1, 0.15) is 34.6 Å². The molecule has 1 N–H and O–H groups in total. The molecule has 0 saturated carbocycles. The summed E-state index contributed by atoms with van der Waals surface area (Å²) in [5.74, 6) is 0.590. The van der Waals surface area contributed by atoms with Crippen molar-refractivity contribution in [2.75, 3.05) is 0 Å². The van der Waals surface area contributed by atoms with Crippen molar-refractivity contribution in [3.05, 3.63) is 70.6 Å². The lowest BCUT2D eigenvalue weighted by molar-refractivity contribution is -0.138. The van der Waals surface area contributed by atoms with Gasteiger partial charge in [-0.15, -0.1) is 11.8 Å². The fourth-order valence-corrected chi connectivity index (χ4v) is 4.01. The number of aromatic nitrogens is 1. The molecular weight excluding hydrogens is 415 g/mol. The van der Waals surface area contributed by atoms with Crippen LogP contribution in [0.5, 0.6) is 0 Å². The standard InChI is InChI=1S/C22H20F3NO3S/c1-13-9-15(3-8-20(27)28)11-18(10-13)30-12-19-14(2)26-21(29-19)16-4-6-17(7-5-16)22(23,24)25/h4-7,9-11H,3,8,12H2,1-2H3,(H,27,28). The average molecular weight is 435 g/mol. The first kappa shape index (κ1) is 22.0. The number of oxazole rings is 1. The lowest BCUT2D eigenvalue weighted by Gasteiger charge is -2.07. The van der Waals surface area contributed by atoms with Crippen molar-refractivity contribution >= 4 is 17.7 Å². The first-order chi connectivity index (χ1) is 14.1. The molecule has 0 unspecified atom stereocenters. The summed E-state index contributed by atoms with van der Waals surface area (Å²) in [6.07, 6.45) is -3.85. The molecule has 30 heavy (non-hydrogen) atoms. The van der Waals surface area contributed by atoms with Gasteiger partial charge in [-0.1, -0.05) is 6.07 Å². The number of rotatable bonds is 7. The summed E-state index contributed by atoms with van der Waals surface area (Å²) < 4.78 is 44.0. The Kier molecular flexibility index (Phi) is 6.55. The van der Waals surface area contributed by atoms with Crippen LogP contribution in [0.25, 0.3) is 11.5 Å². The number of carboxylic acid groups (broad SMARTS) is 1. The molecule has 158 valence electrons. The summed E-state index contributed by atoms with van der Waals surface area (Å²) in [4.78, 5) is 16.1. The van der Waals surface area contributed by atoms with Crippen molar-refractivity contribution in [3.8, 4) is 11.5 Å². The van der Waals surface area contributed by atoms with Crippen LogP contribution in [0.15, 0.2) is 51.8 Å². The van der Waals surface area contributed by atoms with Gasteiger partial charge in [0.2, 0.25) is 5.89 Å². The largest absolute Gasteiger partial charge is 0.481 e. The number of aryl methyl sites for hydroxylation is 3. The topological polar surface area (TPSA) is 63.3 Å². The van der Waals surface area contributed by atoms with Crippen LogP contribution in [0.2, 0.25) is 0 Å². The van der Waals surface area contributed by atoms with Crippen LogP contribution in [0.4, 0.5) is 13.2 Å². The molecule has 0 saturated heterocycles. The average Bonchev–Trinajstić information content (AvgIpc) is 3.04. The summed E-state index contributed by atoms with van der Waals surface area (Å²) in [6, 6.07) is 10.7. The molecule has 1 heterocycles. The number of alkyl halides is 3. The van der Waals surface area contributed by atoms with Gasteiger partial charge in [-0.05, 0) is 67.8 Å². The fourth-order valence-electron chi connectivity index (χ4n) is 2.94. The molecule has 1 aromatic heterocycles. The molecule has 3 rings (SSSR count). The molecule has 2 aromatic carbocycles. The van der Waals surface area contributed by atoms with E-state index < -0.39 is 17.7 Å². The summed E-state index contributed by atoms with van der Waals surface area (Å²) in [5.41, 5.74) is 2.44. The maximum Gasteiger partial charge on any atom is 0.416 e. The van der Waals surface area contributed by atoms with Gasteiger partial charge < -0.3 is 9.52 Å². The Morgan fingerprint density at radius 3 is 2.47 bits per heavy atom. The molecule has 4 nitrogen and oxygen atoms in total. The number of carboxylic acids is 1. The molecule has 0 aliphatic rings. The highest BCUT2D eigenvalue weighted by molar-refractivity contribution is 7.98. The molecular formula is C22H20F3NO3S. The minimum Gasteiger partial charge on any atom is -0.481 e. The Labute approximate surface area is 176 Å². The predicted octanol–water partition coefficient (Wildman–Crippen LogP) is 6.29. The molecule has 0 amide bonds. The molecule has 3 aromatic rings. The van der Waals surface area contributed by atoms with Gasteiger partial charge >= 0.3 is 12.1 Å². The first-order valence-electron chi connectivity index (χ1n) is 9.21. The Bertz CT molecular complexity index is 1040. The number of nitrogens with zero attached hydrogens (tertiary/aromatic N) is 1. The Morgan fingerprint density at radius 2 is 1.83 bits per heavy atom. The van der Waals surface area contributed by atoms with Crippen LogP contribution in [0, 0.1) is 13.8 Å². The van der Waals surface area contributed by atoms with Gasteiger partial charge in [0.15, 0.2) is 0 Å². The number of hydrogen-bond donors (Lipinski definition) is 1. The lowest BCUT2D eigenvalue weighted by Crippen LogP contribution is -2.03. The number of halogens is 3. The van der Waals surface area contributed by atoms with Crippen molar-refractivity contribution in [2.24, 2.45) is 0 Å². The normalized spacial score (nSPS) is 11.6. The minimum absolute atomic E-state index is 0.0747. The third-order valence-electron chi connectivity index (χ3n) is 4.46. The van der Waals surface area contributed by atoms with Gasteiger partial charge in [-0.2, -0.15) is 13.2 Å². The summed E-state index contributed by atoms with van der Waals surface area (Å²) in [7, 11) is 0. The van der Waals surface area contributed by atoms with E-state index in [0.717, 1.165) is 28.2 Å². The maximum absolute atomic E-state index is 12.7. The van der Waals surface area contributed by atoms with Crippen LogP contribution in [-0.2, 0) is 23.1 Å². The summed E-state index contributed by atoms with van der Waals surface area (Å²) in [5, 5.41) is 8.87. The van der Waals surface area contributed by atoms with Gasteiger partial charge in [0.05, 0.1) is 17.0 Å². The van der Waals surface area contributed by atoms with Gasteiger partial charge in [0, 0.05) is 16.9 Å². The zero-order chi connectivity index (χ0) is 21.9. The van der Waals surface area contributed by atoms with Crippen molar-refractivity contribution in [3.63, 3.8) is 0 Å². The molecule has 8 heteroatoms. The second kappa shape index (κ2) is 8.95. The monoisotopic (exact) mass is 435 g/mol. The quantitative estimate of drug-likeness (QED) is 0.442. The van der Waals surface area contributed by atoms with E-state index in [1.54, 1.807) is 6.92 Å². The van der Waals surface area contributed by atoms with Gasteiger partial charge in [-0.3, -0.25) is 4.79 Å². The van der Waals surface area contributed by atoms with Gasteiger partial charge in [0.25, 0.3) is 0 Å². The maximum atomic E-state index is 12.7. The van der Waals surface area contributed by atoms with Crippen LogP contribution >= 0.6 is 11.8 Å². The van der Waals surface area contributed by atoms with E-state index in [9.17, 15) is 18.0 Å². The molecule has 0 bridgehead atoms. The van der Waals surface area contributed by atoms with Crippen molar-refractivity contribution in [1.82, 2.24) is 4.98 Å². The highest BCUT2D eigenvalue weighted by Crippen LogP contribution is 2.32. The predicted molar refractivity (Wildman–Crippen MR) is 108 cm³/mol. The third-order valence-corrected chi connectivity index (χ3v) is 5.44. The van der Waals surface area contributed by atoms with Crippen LogP contribution in [0.3, 0.4) is 0 Å². The number of carbonyl (C=O) groups is 1. The van der Waals surface area contributed by atoms with E-state index >= 15 is 0 Å². The highest BCUT2D eigenvalue weighted by Gasteiger charge is 2.30. The molecule has 0 atom stereocenters. The van der Waals surface area contributed by atoms with Crippen LogP contribution < -0.4 is 0 Å². The van der Waals surface area contributed by atoms with Gasteiger partial charge in [0.1, 0.15) is 5.76 Å². The molecule has 0 aliphatic heterocycles. The highest BCUT2D eigenvalue weighted by atomic mass is 32.2. The second-order valence-corrected chi connectivity index (χ2v) is 7.99. The molecule has 0 radical (unpaired) electrons. The van der Waals surface area contributed by atoms with Crippen molar-refractivity contribution < 1.29 is 27.5 Å². The third kappa shape index (κ3) is 5.66. The molecule has 0 aliphatic carbocycles. The summed E-state index contributed by atoms with van der Waals surface area (Å²) >= 11 is 1.53.